The highest BCUT2D eigenvalue weighted by Gasteiger charge is 2.75. The first-order valence-electron chi connectivity index (χ1n) is 9.80. The smallest absolute Gasteiger partial charge is 0.335 e. The normalized spacial score (nSPS) is 41.8. The van der Waals surface area contributed by atoms with E-state index in [1.807, 2.05) is 13.0 Å². The second kappa shape index (κ2) is 4.93. The number of para-hydroxylation sites is 1. The van der Waals surface area contributed by atoms with Crippen LogP contribution in [0.5, 0.6) is 0 Å². The molecule has 3 fully saturated rings. The Morgan fingerprint density at radius 2 is 2.26 bits per heavy atom. The van der Waals surface area contributed by atoms with Crippen LogP contribution in [0.15, 0.2) is 35.5 Å². The van der Waals surface area contributed by atoms with E-state index in [4.69, 9.17) is 9.47 Å². The van der Waals surface area contributed by atoms with Gasteiger partial charge in [-0.2, -0.15) is 0 Å². The number of anilines is 1. The summed E-state index contributed by atoms with van der Waals surface area (Å²) in [6.45, 7) is 3.72. The molecule has 6 atom stereocenters. The van der Waals surface area contributed by atoms with Gasteiger partial charge in [0.25, 0.3) is 0 Å². The molecule has 5 aliphatic rings. The molecule has 4 aliphatic heterocycles. The molecule has 27 heavy (non-hydrogen) atoms. The fraction of sp³-hybridized carbons (Fsp3) is 0.571. The van der Waals surface area contributed by atoms with Crippen molar-refractivity contribution in [3.8, 4) is 0 Å². The van der Waals surface area contributed by atoms with Gasteiger partial charge in [0, 0.05) is 29.4 Å². The number of rotatable bonds is 2. The van der Waals surface area contributed by atoms with E-state index in [1.165, 1.54) is 12.7 Å². The van der Waals surface area contributed by atoms with E-state index in [0.717, 1.165) is 30.9 Å². The van der Waals surface area contributed by atoms with E-state index >= 15 is 0 Å². The van der Waals surface area contributed by atoms with Crippen molar-refractivity contribution >= 4 is 11.7 Å². The van der Waals surface area contributed by atoms with Crippen molar-refractivity contribution in [2.24, 2.45) is 5.41 Å². The van der Waals surface area contributed by atoms with E-state index in [2.05, 4.69) is 28.4 Å². The first-order chi connectivity index (χ1) is 13.0. The SMILES string of the molecule is COC(=O)C1=C2Nc3ccccc3[C@@]23CCN2C[C@@H]4O[C@@H]4[C@@]([C@@H](C)O)(C1)[C@H]23. The fourth-order valence-corrected chi connectivity index (χ4v) is 6.79. The van der Waals surface area contributed by atoms with Crippen LogP contribution >= 0.6 is 0 Å². The van der Waals surface area contributed by atoms with Crippen molar-refractivity contribution in [2.75, 3.05) is 25.5 Å². The van der Waals surface area contributed by atoms with E-state index in [0.29, 0.717) is 12.0 Å². The van der Waals surface area contributed by atoms with Crippen LogP contribution in [0.4, 0.5) is 5.69 Å². The highest BCUT2D eigenvalue weighted by atomic mass is 16.6. The molecule has 3 saturated heterocycles. The molecule has 0 aromatic heterocycles. The standard InChI is InChI=1S/C21H24N2O4/c1-11(24)21-9-12(18(25)26-2)16-20(13-5-3-4-6-14(13)22-16)7-8-23(19(20)21)10-15-17(21)27-15/h3-6,11,15,17,19,22,24H,7-10H2,1-2H3/t11-,15+,17+,19-,20+,21+/m1/s1. The average Bonchev–Trinajstić information content (AvgIpc) is 3.25. The Balaban J connectivity index is 1.67. The molecule has 142 valence electrons. The van der Waals surface area contributed by atoms with E-state index in [1.54, 1.807) is 0 Å². The van der Waals surface area contributed by atoms with Crippen molar-refractivity contribution in [2.45, 2.75) is 49.5 Å². The number of piperidine rings is 1. The largest absolute Gasteiger partial charge is 0.466 e. The molecule has 0 amide bonds. The van der Waals surface area contributed by atoms with Crippen molar-refractivity contribution in [1.29, 1.82) is 0 Å². The second-order valence-corrected chi connectivity index (χ2v) is 8.69. The summed E-state index contributed by atoms with van der Waals surface area (Å²) in [6, 6.07) is 8.46. The predicted octanol–water partition coefficient (Wildman–Crippen LogP) is 1.40. The fourth-order valence-electron chi connectivity index (χ4n) is 6.79. The summed E-state index contributed by atoms with van der Waals surface area (Å²) in [4.78, 5) is 15.3. The summed E-state index contributed by atoms with van der Waals surface area (Å²) in [5.74, 6) is -0.302. The molecule has 6 rings (SSSR count). The molecule has 1 aromatic carbocycles. The third kappa shape index (κ3) is 1.67. The minimum absolute atomic E-state index is 0.00249. The monoisotopic (exact) mass is 368 g/mol. The van der Waals surface area contributed by atoms with Gasteiger partial charge in [0.15, 0.2) is 0 Å². The van der Waals surface area contributed by atoms with Gasteiger partial charge in [0.2, 0.25) is 0 Å². The Bertz CT molecular complexity index is 896. The van der Waals surface area contributed by atoms with Crippen molar-refractivity contribution in [3.63, 3.8) is 0 Å². The lowest BCUT2D eigenvalue weighted by Crippen LogP contribution is -2.66. The Kier molecular flexibility index (Phi) is 2.94. The maximum absolute atomic E-state index is 12.8. The molecule has 2 N–H and O–H groups in total. The minimum Gasteiger partial charge on any atom is -0.466 e. The van der Waals surface area contributed by atoms with E-state index in [-0.39, 0.29) is 29.6 Å². The molecule has 0 radical (unpaired) electrons. The van der Waals surface area contributed by atoms with E-state index in [9.17, 15) is 9.90 Å². The molecule has 0 saturated carbocycles. The number of benzene rings is 1. The zero-order valence-electron chi connectivity index (χ0n) is 15.6. The molecule has 1 aromatic rings. The summed E-state index contributed by atoms with van der Waals surface area (Å²) >= 11 is 0. The first kappa shape index (κ1) is 16.1. The lowest BCUT2D eigenvalue weighted by molar-refractivity contribution is -0.138. The highest BCUT2D eigenvalue weighted by Crippen LogP contribution is 2.68. The van der Waals surface area contributed by atoms with Gasteiger partial charge in [-0.25, -0.2) is 4.79 Å². The number of hydrogen-bond acceptors (Lipinski definition) is 6. The van der Waals surface area contributed by atoms with Gasteiger partial charge in [-0.3, -0.25) is 4.90 Å². The Hall–Kier alpha value is -1.89. The number of carbonyl (C=O) groups excluding carboxylic acids is 1. The number of hydrogen-bond donors (Lipinski definition) is 2. The van der Waals surface area contributed by atoms with Crippen LogP contribution in [-0.2, 0) is 19.7 Å². The number of nitrogens with zero attached hydrogens (tertiary/aromatic N) is 1. The van der Waals surface area contributed by atoms with Gasteiger partial charge in [-0.1, -0.05) is 18.2 Å². The topological polar surface area (TPSA) is 74.3 Å². The van der Waals surface area contributed by atoms with Crippen LogP contribution < -0.4 is 5.32 Å². The van der Waals surface area contributed by atoms with Gasteiger partial charge in [0.05, 0.1) is 36.4 Å². The van der Waals surface area contributed by atoms with Crippen molar-refractivity contribution in [1.82, 2.24) is 4.90 Å². The number of methoxy groups -OCH3 is 1. The summed E-state index contributed by atoms with van der Waals surface area (Å²) in [5.41, 5.74) is 3.15. The lowest BCUT2D eigenvalue weighted by atomic mass is 9.52. The maximum atomic E-state index is 12.8. The van der Waals surface area contributed by atoms with Crippen molar-refractivity contribution < 1.29 is 19.4 Å². The van der Waals surface area contributed by atoms with Gasteiger partial charge in [-0.05, 0) is 37.9 Å². The summed E-state index contributed by atoms with van der Waals surface area (Å²) in [7, 11) is 1.43. The molecule has 6 nitrogen and oxygen atoms in total. The number of ether oxygens (including phenoxy) is 2. The van der Waals surface area contributed by atoms with Crippen LogP contribution in [0.3, 0.4) is 0 Å². The van der Waals surface area contributed by atoms with Crippen LogP contribution in [-0.4, -0.2) is 60.5 Å². The Labute approximate surface area is 158 Å². The van der Waals surface area contributed by atoms with Crippen LogP contribution in [0.25, 0.3) is 0 Å². The zero-order valence-corrected chi connectivity index (χ0v) is 15.6. The number of esters is 1. The average molecular weight is 368 g/mol. The van der Waals surface area contributed by atoms with Gasteiger partial charge in [0.1, 0.15) is 0 Å². The number of aliphatic hydroxyl groups excluding tert-OH is 1. The van der Waals surface area contributed by atoms with Crippen molar-refractivity contribution in [3.05, 3.63) is 41.1 Å². The Morgan fingerprint density at radius 3 is 3.04 bits per heavy atom. The lowest BCUT2D eigenvalue weighted by Gasteiger charge is -2.55. The number of aliphatic hydroxyl groups is 1. The molecule has 0 unspecified atom stereocenters. The van der Waals surface area contributed by atoms with Gasteiger partial charge in [-0.15, -0.1) is 0 Å². The summed E-state index contributed by atoms with van der Waals surface area (Å²) in [5, 5.41) is 14.6. The molecule has 6 heteroatoms. The predicted molar refractivity (Wildman–Crippen MR) is 98.2 cm³/mol. The maximum Gasteiger partial charge on any atom is 0.335 e. The number of epoxide rings is 1. The van der Waals surface area contributed by atoms with Crippen LogP contribution in [0, 0.1) is 5.41 Å². The molecular weight excluding hydrogens is 344 g/mol. The molecule has 0 bridgehead atoms. The molecule has 1 aliphatic carbocycles. The summed E-state index contributed by atoms with van der Waals surface area (Å²) < 4.78 is 11.2. The zero-order chi connectivity index (χ0) is 18.6. The molecule has 4 heterocycles. The van der Waals surface area contributed by atoms with Gasteiger partial charge < -0.3 is 19.9 Å². The number of nitrogens with one attached hydrogen (secondary N) is 1. The third-order valence-corrected chi connectivity index (χ3v) is 7.77. The Morgan fingerprint density at radius 1 is 1.44 bits per heavy atom. The summed E-state index contributed by atoms with van der Waals surface area (Å²) in [6.07, 6.45) is 1.01. The first-order valence-corrected chi connectivity index (χ1v) is 9.80. The van der Waals surface area contributed by atoms with Gasteiger partial charge >= 0.3 is 5.97 Å². The van der Waals surface area contributed by atoms with Crippen LogP contribution in [0.1, 0.15) is 25.3 Å². The van der Waals surface area contributed by atoms with E-state index < -0.39 is 11.5 Å². The third-order valence-electron chi connectivity index (χ3n) is 7.77. The number of carbonyl (C=O) groups is 1. The minimum atomic E-state index is -0.579. The highest BCUT2D eigenvalue weighted by molar-refractivity contribution is 5.93. The number of fused-ring (bicyclic) bond motifs is 3. The van der Waals surface area contributed by atoms with Crippen LogP contribution in [0.2, 0.25) is 0 Å². The quantitative estimate of drug-likeness (QED) is 0.607. The second-order valence-electron chi connectivity index (χ2n) is 8.69. The molecule has 1 spiro atoms. The molecular formula is C21H24N2O4.